The molecule has 2 aromatic carbocycles. The summed E-state index contributed by atoms with van der Waals surface area (Å²) in [5, 5.41) is 0.457. The molecule has 4 rings (SSSR count). The summed E-state index contributed by atoms with van der Waals surface area (Å²) >= 11 is 1.31. The Bertz CT molecular complexity index is 1240. The minimum absolute atomic E-state index is 0.184. The van der Waals surface area contributed by atoms with Crippen molar-refractivity contribution in [2.24, 2.45) is 11.8 Å². The number of piperidine rings is 1. The lowest BCUT2D eigenvalue weighted by Gasteiger charge is -2.34. The minimum Gasteiger partial charge on any atom is -0.495 e. The Hall–Kier alpha value is -2.89. The van der Waals surface area contributed by atoms with Crippen molar-refractivity contribution in [1.29, 1.82) is 0 Å². The highest BCUT2D eigenvalue weighted by molar-refractivity contribution is 7.89. The van der Waals surface area contributed by atoms with E-state index in [1.54, 1.807) is 26.4 Å². The van der Waals surface area contributed by atoms with Gasteiger partial charge in [-0.25, -0.2) is 13.4 Å². The number of methoxy groups -OCH3 is 2. The molecule has 11 heteroatoms. The number of anilines is 1. The Morgan fingerprint density at radius 2 is 1.65 bits per heavy atom. The number of nitrogens with one attached hydrogen (secondary N) is 2. The molecule has 34 heavy (non-hydrogen) atoms. The number of amides is 1. The number of nitrogens with zero attached hydrogens (tertiary/aromatic N) is 2. The van der Waals surface area contributed by atoms with Gasteiger partial charge in [0.2, 0.25) is 15.2 Å². The molecule has 3 aromatic rings. The normalized spacial score (nSPS) is 19.1. The van der Waals surface area contributed by atoms with Crippen LogP contribution in [0, 0.1) is 11.8 Å². The van der Waals surface area contributed by atoms with Crippen molar-refractivity contribution in [3.8, 4) is 11.5 Å². The number of benzene rings is 2. The first-order valence-corrected chi connectivity index (χ1v) is 13.2. The van der Waals surface area contributed by atoms with Crippen LogP contribution in [0.25, 0.3) is 10.2 Å². The van der Waals surface area contributed by atoms with Gasteiger partial charge < -0.3 is 9.47 Å². The predicted octanol–water partition coefficient (Wildman–Crippen LogP) is 3.74. The van der Waals surface area contributed by atoms with E-state index in [9.17, 15) is 13.2 Å². The Kier molecular flexibility index (Phi) is 6.96. The Morgan fingerprint density at radius 1 is 1.03 bits per heavy atom. The highest BCUT2D eigenvalue weighted by Crippen LogP contribution is 2.38. The molecule has 1 amide bonds. The number of fused-ring (bicyclic) bond motifs is 1. The molecule has 0 aliphatic carbocycles. The van der Waals surface area contributed by atoms with Gasteiger partial charge in [0.25, 0.3) is 5.91 Å². The number of rotatable bonds is 7. The lowest BCUT2D eigenvalue weighted by Crippen LogP contribution is -2.42. The quantitative estimate of drug-likeness (QED) is 0.472. The zero-order valence-electron chi connectivity index (χ0n) is 19.5. The van der Waals surface area contributed by atoms with Crippen molar-refractivity contribution in [2.45, 2.75) is 25.2 Å². The van der Waals surface area contributed by atoms with Crippen LogP contribution in [0.15, 0.2) is 41.3 Å². The molecule has 1 saturated heterocycles. The number of thiazole rings is 1. The summed E-state index contributed by atoms with van der Waals surface area (Å²) in [6.07, 6.45) is 1.02. The van der Waals surface area contributed by atoms with Crippen LogP contribution in [0.5, 0.6) is 11.5 Å². The first kappa shape index (κ1) is 24.2. The lowest BCUT2D eigenvalue weighted by molar-refractivity contribution is 0.0962. The highest BCUT2D eigenvalue weighted by Gasteiger charge is 2.31. The summed E-state index contributed by atoms with van der Waals surface area (Å²) in [5.41, 5.74) is 6.36. The van der Waals surface area contributed by atoms with E-state index < -0.39 is 15.9 Å². The van der Waals surface area contributed by atoms with Crippen molar-refractivity contribution in [3.05, 3.63) is 42.0 Å². The van der Waals surface area contributed by atoms with Crippen molar-refractivity contribution in [3.63, 3.8) is 0 Å². The molecule has 2 atom stereocenters. The average molecular weight is 505 g/mol. The zero-order chi connectivity index (χ0) is 24.5. The molecule has 9 nitrogen and oxygen atoms in total. The maximum atomic E-state index is 13.0. The second kappa shape index (κ2) is 9.77. The van der Waals surface area contributed by atoms with Gasteiger partial charge in [-0.1, -0.05) is 25.2 Å². The largest absolute Gasteiger partial charge is 0.495 e. The van der Waals surface area contributed by atoms with E-state index >= 15 is 0 Å². The third-order valence-corrected chi connectivity index (χ3v) is 8.61. The van der Waals surface area contributed by atoms with Crippen LogP contribution in [0.2, 0.25) is 0 Å². The van der Waals surface area contributed by atoms with E-state index in [0.29, 0.717) is 52.6 Å². The van der Waals surface area contributed by atoms with E-state index in [1.807, 2.05) is 0 Å². The third-order valence-electron chi connectivity index (χ3n) is 5.78. The zero-order valence-corrected chi connectivity index (χ0v) is 21.1. The lowest BCUT2D eigenvalue weighted by atomic mass is 9.94. The Labute approximate surface area is 203 Å². The van der Waals surface area contributed by atoms with E-state index in [0.717, 1.165) is 11.1 Å². The first-order chi connectivity index (χ1) is 16.2. The van der Waals surface area contributed by atoms with E-state index in [1.165, 1.54) is 39.9 Å². The second-order valence-electron chi connectivity index (χ2n) is 8.54. The number of carbonyl (C=O) groups excluding carboxylic acids is 1. The summed E-state index contributed by atoms with van der Waals surface area (Å²) in [7, 11) is -0.463. The highest BCUT2D eigenvalue weighted by atomic mass is 32.2. The van der Waals surface area contributed by atoms with Crippen LogP contribution in [0.1, 0.15) is 30.6 Å². The predicted molar refractivity (Wildman–Crippen MR) is 132 cm³/mol. The molecule has 2 N–H and O–H groups in total. The fourth-order valence-electron chi connectivity index (χ4n) is 4.25. The summed E-state index contributed by atoms with van der Waals surface area (Å²) in [4.78, 5) is 17.3. The number of aromatic nitrogens is 1. The molecular weight excluding hydrogens is 476 g/mol. The number of carbonyl (C=O) groups is 1. The van der Waals surface area contributed by atoms with Gasteiger partial charge in [0.1, 0.15) is 21.7 Å². The molecule has 1 aromatic heterocycles. The molecule has 0 saturated carbocycles. The molecule has 1 aliphatic heterocycles. The molecule has 2 heterocycles. The monoisotopic (exact) mass is 504 g/mol. The van der Waals surface area contributed by atoms with E-state index in [4.69, 9.17) is 9.47 Å². The summed E-state index contributed by atoms with van der Waals surface area (Å²) < 4.78 is 39.1. The van der Waals surface area contributed by atoms with Crippen molar-refractivity contribution < 1.29 is 22.7 Å². The maximum Gasteiger partial charge on any atom is 0.269 e. The molecule has 182 valence electrons. The van der Waals surface area contributed by atoms with E-state index in [2.05, 4.69) is 29.7 Å². The Balaban J connectivity index is 1.45. The van der Waals surface area contributed by atoms with Crippen molar-refractivity contribution in [1.82, 2.24) is 14.7 Å². The van der Waals surface area contributed by atoms with Crippen LogP contribution in [0.3, 0.4) is 0 Å². The molecule has 1 aliphatic rings. The van der Waals surface area contributed by atoms with Gasteiger partial charge in [-0.05, 0) is 54.7 Å². The standard InChI is InChI=1S/C23H28N4O5S2/c1-14-11-15(2)13-27(12-14)34(29,30)17-7-5-16(6-8-17)22(28)25-26-23-24-20-18(31-3)9-10-19(32-4)21(20)33-23/h5-10,14-15H,11-13H2,1-4H3,(H,24,26)(H,25,28)/t14-,15-/m0/s1. The van der Waals surface area contributed by atoms with Gasteiger partial charge in [-0.15, -0.1) is 0 Å². The summed E-state index contributed by atoms with van der Waals surface area (Å²) in [6.45, 7) is 5.15. The van der Waals surface area contributed by atoms with Gasteiger partial charge >= 0.3 is 0 Å². The molecule has 0 bridgehead atoms. The number of hydrogen-bond donors (Lipinski definition) is 2. The van der Waals surface area contributed by atoms with Gasteiger partial charge in [0, 0.05) is 18.7 Å². The van der Waals surface area contributed by atoms with Crippen molar-refractivity contribution in [2.75, 3.05) is 32.7 Å². The topological polar surface area (TPSA) is 110 Å². The average Bonchev–Trinajstić information content (AvgIpc) is 3.25. The van der Waals surface area contributed by atoms with Gasteiger partial charge in [-0.3, -0.25) is 15.6 Å². The molecule has 1 fully saturated rings. The van der Waals surface area contributed by atoms with Crippen molar-refractivity contribution >= 4 is 42.6 Å². The summed E-state index contributed by atoms with van der Waals surface area (Å²) in [6, 6.07) is 9.52. The number of hydrogen-bond acceptors (Lipinski definition) is 8. The van der Waals surface area contributed by atoms with Crippen LogP contribution in [0.4, 0.5) is 5.13 Å². The molecular formula is C23H28N4O5S2. The molecule has 0 unspecified atom stereocenters. The summed E-state index contributed by atoms with van der Waals surface area (Å²) in [5.74, 6) is 1.47. The Morgan fingerprint density at radius 3 is 2.26 bits per heavy atom. The number of hydrazine groups is 1. The second-order valence-corrected chi connectivity index (χ2v) is 11.5. The third kappa shape index (κ3) is 4.82. The fourth-order valence-corrected chi connectivity index (χ4v) is 6.86. The van der Waals surface area contributed by atoms with Crippen LogP contribution in [-0.4, -0.2) is 50.9 Å². The van der Waals surface area contributed by atoms with Crippen LogP contribution >= 0.6 is 11.3 Å². The smallest absolute Gasteiger partial charge is 0.269 e. The van der Waals surface area contributed by atoms with Crippen LogP contribution < -0.4 is 20.3 Å². The molecule has 0 radical (unpaired) electrons. The minimum atomic E-state index is -3.60. The van der Waals surface area contributed by atoms with Gasteiger partial charge in [0.05, 0.1) is 19.1 Å². The first-order valence-electron chi connectivity index (χ1n) is 10.9. The van der Waals surface area contributed by atoms with E-state index in [-0.39, 0.29) is 4.90 Å². The molecule has 0 spiro atoms. The maximum absolute atomic E-state index is 13.0. The fraction of sp³-hybridized carbons (Fsp3) is 0.391. The van der Waals surface area contributed by atoms with Crippen LogP contribution in [-0.2, 0) is 10.0 Å². The van der Waals surface area contributed by atoms with Gasteiger partial charge in [-0.2, -0.15) is 4.31 Å². The number of ether oxygens (including phenoxy) is 2. The van der Waals surface area contributed by atoms with Gasteiger partial charge in [0.15, 0.2) is 0 Å². The SMILES string of the molecule is COc1ccc(OC)c2sc(NNC(=O)c3ccc(S(=O)(=O)N4C[C@@H](C)C[C@H](C)C4)cc3)nc12. The number of sulfonamides is 1.